The fourth-order valence-corrected chi connectivity index (χ4v) is 1.66. The molecular formula is C12H17BrN2O. The molecule has 16 heavy (non-hydrogen) atoms. The van der Waals surface area contributed by atoms with Crippen LogP contribution in [0.1, 0.15) is 24.5 Å². The Balaban J connectivity index is 2.71. The number of urea groups is 1. The summed E-state index contributed by atoms with van der Waals surface area (Å²) in [5.41, 5.74) is 3.06. The first-order valence-corrected chi connectivity index (χ1v) is 6.15. The third-order valence-electron chi connectivity index (χ3n) is 2.23. The number of benzene rings is 1. The van der Waals surface area contributed by atoms with Crippen LogP contribution in [0.15, 0.2) is 16.6 Å². The van der Waals surface area contributed by atoms with E-state index >= 15 is 0 Å². The molecule has 4 heteroatoms. The van der Waals surface area contributed by atoms with Crippen molar-refractivity contribution in [2.45, 2.75) is 27.2 Å². The van der Waals surface area contributed by atoms with Gasteiger partial charge in [0, 0.05) is 16.7 Å². The van der Waals surface area contributed by atoms with Gasteiger partial charge in [0.25, 0.3) is 0 Å². The molecule has 0 aliphatic carbocycles. The highest BCUT2D eigenvalue weighted by atomic mass is 79.9. The number of aryl methyl sites for hydroxylation is 2. The Morgan fingerprint density at radius 3 is 2.38 bits per heavy atom. The number of hydrogen-bond acceptors (Lipinski definition) is 1. The molecule has 0 spiro atoms. The van der Waals surface area contributed by atoms with E-state index in [0.29, 0.717) is 6.54 Å². The molecule has 3 nitrogen and oxygen atoms in total. The molecule has 1 aromatic carbocycles. The predicted molar refractivity (Wildman–Crippen MR) is 70.9 cm³/mol. The van der Waals surface area contributed by atoms with Gasteiger partial charge in [-0.05, 0) is 43.5 Å². The minimum absolute atomic E-state index is 0.150. The SMILES string of the molecule is CCCNC(=O)Nc1cc(C)c(Br)c(C)c1. The van der Waals surface area contributed by atoms with E-state index in [1.807, 2.05) is 32.9 Å². The van der Waals surface area contributed by atoms with Crippen LogP contribution in [0.5, 0.6) is 0 Å². The van der Waals surface area contributed by atoms with Crippen LogP contribution >= 0.6 is 15.9 Å². The number of nitrogens with one attached hydrogen (secondary N) is 2. The van der Waals surface area contributed by atoms with Crippen LogP contribution in [-0.2, 0) is 0 Å². The van der Waals surface area contributed by atoms with E-state index in [1.165, 1.54) is 0 Å². The van der Waals surface area contributed by atoms with Gasteiger partial charge >= 0.3 is 6.03 Å². The Hall–Kier alpha value is -1.03. The number of rotatable bonds is 3. The molecule has 0 radical (unpaired) electrons. The highest BCUT2D eigenvalue weighted by molar-refractivity contribution is 9.10. The van der Waals surface area contributed by atoms with Crippen LogP contribution in [-0.4, -0.2) is 12.6 Å². The number of anilines is 1. The lowest BCUT2D eigenvalue weighted by Crippen LogP contribution is -2.29. The molecule has 88 valence electrons. The van der Waals surface area contributed by atoms with Crippen molar-refractivity contribution in [2.75, 3.05) is 11.9 Å². The van der Waals surface area contributed by atoms with E-state index in [9.17, 15) is 4.79 Å². The standard InChI is InChI=1S/C12H17BrN2O/c1-4-5-14-12(16)15-10-6-8(2)11(13)9(3)7-10/h6-7H,4-5H2,1-3H3,(H2,14,15,16). The molecule has 0 bridgehead atoms. The summed E-state index contributed by atoms with van der Waals surface area (Å²) in [4.78, 5) is 11.4. The molecule has 2 amide bonds. The first-order valence-electron chi connectivity index (χ1n) is 5.36. The van der Waals surface area contributed by atoms with Gasteiger partial charge in [0.15, 0.2) is 0 Å². The zero-order chi connectivity index (χ0) is 12.1. The largest absolute Gasteiger partial charge is 0.338 e. The van der Waals surface area contributed by atoms with Crippen molar-refractivity contribution in [3.63, 3.8) is 0 Å². The second-order valence-corrected chi connectivity index (χ2v) is 4.60. The van der Waals surface area contributed by atoms with Crippen LogP contribution in [0, 0.1) is 13.8 Å². The molecule has 0 saturated heterocycles. The maximum atomic E-state index is 11.4. The minimum atomic E-state index is -0.150. The molecule has 1 aromatic rings. The zero-order valence-corrected chi connectivity index (χ0v) is 11.4. The smallest absolute Gasteiger partial charge is 0.319 e. The van der Waals surface area contributed by atoms with Gasteiger partial charge in [-0.3, -0.25) is 0 Å². The first-order chi connectivity index (χ1) is 7.54. The summed E-state index contributed by atoms with van der Waals surface area (Å²) < 4.78 is 1.09. The lowest BCUT2D eigenvalue weighted by atomic mass is 10.1. The van der Waals surface area contributed by atoms with Gasteiger partial charge in [-0.2, -0.15) is 0 Å². The lowest BCUT2D eigenvalue weighted by Gasteiger charge is -2.10. The Kier molecular flexibility index (Phi) is 4.80. The van der Waals surface area contributed by atoms with Gasteiger partial charge in [0.2, 0.25) is 0 Å². The van der Waals surface area contributed by atoms with Crippen molar-refractivity contribution >= 4 is 27.6 Å². The zero-order valence-electron chi connectivity index (χ0n) is 9.86. The van der Waals surface area contributed by atoms with E-state index in [4.69, 9.17) is 0 Å². The van der Waals surface area contributed by atoms with Crippen molar-refractivity contribution < 1.29 is 4.79 Å². The Morgan fingerprint density at radius 1 is 1.31 bits per heavy atom. The number of amides is 2. The highest BCUT2D eigenvalue weighted by Crippen LogP contribution is 2.24. The van der Waals surface area contributed by atoms with Gasteiger partial charge in [-0.15, -0.1) is 0 Å². The second-order valence-electron chi connectivity index (χ2n) is 3.80. The summed E-state index contributed by atoms with van der Waals surface area (Å²) in [5.74, 6) is 0. The van der Waals surface area contributed by atoms with E-state index in [0.717, 1.165) is 27.7 Å². The summed E-state index contributed by atoms with van der Waals surface area (Å²) in [6.45, 7) is 6.73. The van der Waals surface area contributed by atoms with E-state index in [1.54, 1.807) is 0 Å². The van der Waals surface area contributed by atoms with Gasteiger partial charge in [0.1, 0.15) is 0 Å². The summed E-state index contributed by atoms with van der Waals surface area (Å²) in [6, 6.07) is 3.74. The van der Waals surface area contributed by atoms with Crippen molar-refractivity contribution in [3.8, 4) is 0 Å². The van der Waals surface area contributed by atoms with Crippen molar-refractivity contribution in [2.24, 2.45) is 0 Å². The number of halogens is 1. The molecule has 0 atom stereocenters. The lowest BCUT2D eigenvalue weighted by molar-refractivity contribution is 0.252. The average Bonchev–Trinajstić information content (AvgIpc) is 2.23. The summed E-state index contributed by atoms with van der Waals surface area (Å²) >= 11 is 3.49. The normalized spacial score (nSPS) is 10.0. The molecule has 0 aromatic heterocycles. The third kappa shape index (κ3) is 3.52. The van der Waals surface area contributed by atoms with E-state index in [2.05, 4.69) is 26.6 Å². The van der Waals surface area contributed by atoms with Crippen LogP contribution in [0.2, 0.25) is 0 Å². The van der Waals surface area contributed by atoms with E-state index < -0.39 is 0 Å². The Morgan fingerprint density at radius 2 is 1.88 bits per heavy atom. The van der Waals surface area contributed by atoms with Gasteiger partial charge in [-0.1, -0.05) is 22.9 Å². The van der Waals surface area contributed by atoms with Crippen LogP contribution in [0.3, 0.4) is 0 Å². The molecule has 0 aliphatic heterocycles. The maximum Gasteiger partial charge on any atom is 0.319 e. The molecule has 1 rings (SSSR count). The average molecular weight is 285 g/mol. The fourth-order valence-electron chi connectivity index (χ4n) is 1.43. The van der Waals surface area contributed by atoms with E-state index in [-0.39, 0.29) is 6.03 Å². The molecule has 0 fully saturated rings. The maximum absolute atomic E-state index is 11.4. The fraction of sp³-hybridized carbons (Fsp3) is 0.417. The minimum Gasteiger partial charge on any atom is -0.338 e. The van der Waals surface area contributed by atoms with Crippen LogP contribution in [0.25, 0.3) is 0 Å². The summed E-state index contributed by atoms with van der Waals surface area (Å²) in [5, 5.41) is 5.59. The first kappa shape index (κ1) is 13.0. The molecule has 0 heterocycles. The quantitative estimate of drug-likeness (QED) is 0.875. The summed E-state index contributed by atoms with van der Waals surface area (Å²) in [7, 11) is 0. The number of carbonyl (C=O) groups is 1. The van der Waals surface area contributed by atoms with Gasteiger partial charge < -0.3 is 10.6 Å². The number of carbonyl (C=O) groups excluding carboxylic acids is 1. The molecular weight excluding hydrogens is 268 g/mol. The van der Waals surface area contributed by atoms with Crippen molar-refractivity contribution in [1.29, 1.82) is 0 Å². The molecule has 0 aliphatic rings. The molecule has 0 unspecified atom stereocenters. The monoisotopic (exact) mass is 284 g/mol. The Labute approximate surface area is 105 Å². The summed E-state index contributed by atoms with van der Waals surface area (Å²) in [6.07, 6.45) is 0.936. The number of hydrogen-bond donors (Lipinski definition) is 2. The van der Waals surface area contributed by atoms with Gasteiger partial charge in [-0.25, -0.2) is 4.79 Å². The van der Waals surface area contributed by atoms with Crippen molar-refractivity contribution in [1.82, 2.24) is 5.32 Å². The Bertz CT molecular complexity index is 368. The topological polar surface area (TPSA) is 41.1 Å². The molecule has 2 N–H and O–H groups in total. The van der Waals surface area contributed by atoms with Crippen LogP contribution in [0.4, 0.5) is 10.5 Å². The highest BCUT2D eigenvalue weighted by Gasteiger charge is 2.04. The second kappa shape index (κ2) is 5.89. The van der Waals surface area contributed by atoms with Crippen molar-refractivity contribution in [3.05, 3.63) is 27.7 Å². The molecule has 0 saturated carbocycles. The predicted octanol–water partition coefficient (Wildman–Crippen LogP) is 3.60. The van der Waals surface area contributed by atoms with Crippen LogP contribution < -0.4 is 10.6 Å². The third-order valence-corrected chi connectivity index (χ3v) is 3.48. The van der Waals surface area contributed by atoms with Gasteiger partial charge in [0.05, 0.1) is 0 Å².